The Morgan fingerprint density at radius 2 is 1.66 bits per heavy atom. The maximum absolute atomic E-state index is 13.3. The summed E-state index contributed by atoms with van der Waals surface area (Å²) in [6.45, 7) is 6.16. The minimum absolute atomic E-state index is 0.177. The van der Waals surface area contributed by atoms with E-state index in [0.29, 0.717) is 16.3 Å². The largest absolute Gasteiger partial charge is 0.488 e. The van der Waals surface area contributed by atoms with Crippen molar-refractivity contribution in [2.24, 2.45) is 0 Å². The smallest absolute Gasteiger partial charge is 0.338 e. The third kappa shape index (κ3) is 5.92. The van der Waals surface area contributed by atoms with Gasteiger partial charge in [0.25, 0.3) is 11.8 Å². The molecule has 3 aromatic rings. The van der Waals surface area contributed by atoms with Crippen LogP contribution in [0.4, 0.5) is 10.5 Å². The Balaban J connectivity index is 1.63. The Hall–Kier alpha value is -4.43. The molecule has 4 amide bonds. The van der Waals surface area contributed by atoms with Crippen LogP contribution >= 0.6 is 11.6 Å². The van der Waals surface area contributed by atoms with Crippen molar-refractivity contribution in [1.29, 1.82) is 0 Å². The fraction of sp³-hybridized carbons (Fsp3) is 0.172. The zero-order valence-corrected chi connectivity index (χ0v) is 21.8. The number of hydrogen-bond donors (Lipinski definition) is 1. The number of nitrogens with zero attached hydrogens (tertiary/aromatic N) is 1. The number of nitrogens with one attached hydrogen (secondary N) is 1. The first-order valence-electron chi connectivity index (χ1n) is 11.8. The second-order valence-corrected chi connectivity index (χ2v) is 9.13. The first kappa shape index (κ1) is 26.6. The van der Waals surface area contributed by atoms with Crippen LogP contribution in [-0.4, -0.2) is 30.4 Å². The number of carbonyl (C=O) groups excluding carboxylic acids is 4. The summed E-state index contributed by atoms with van der Waals surface area (Å²) in [5.74, 6) is -1.80. The molecule has 0 aromatic heterocycles. The molecule has 1 saturated heterocycles. The number of benzene rings is 3. The Kier molecular flexibility index (Phi) is 7.93. The quantitative estimate of drug-likeness (QED) is 0.249. The highest BCUT2D eigenvalue weighted by atomic mass is 35.5. The lowest BCUT2D eigenvalue weighted by molar-refractivity contribution is -0.122. The van der Waals surface area contributed by atoms with Gasteiger partial charge in [-0.1, -0.05) is 40.9 Å². The van der Waals surface area contributed by atoms with Crippen LogP contribution in [0.2, 0.25) is 5.02 Å². The molecule has 0 unspecified atom stereocenters. The molecule has 0 spiro atoms. The molecule has 1 heterocycles. The molecule has 3 aromatic carbocycles. The normalized spacial score (nSPS) is 14.5. The Labute approximate surface area is 224 Å². The van der Waals surface area contributed by atoms with E-state index >= 15 is 0 Å². The molecule has 8 nitrogen and oxygen atoms in total. The van der Waals surface area contributed by atoms with E-state index in [2.05, 4.69) is 11.4 Å². The molecule has 1 aliphatic heterocycles. The van der Waals surface area contributed by atoms with Crippen LogP contribution < -0.4 is 15.0 Å². The van der Waals surface area contributed by atoms with E-state index in [0.717, 1.165) is 21.6 Å². The van der Waals surface area contributed by atoms with E-state index in [1.807, 2.05) is 26.0 Å². The van der Waals surface area contributed by atoms with Gasteiger partial charge in [0.05, 0.1) is 17.9 Å². The Morgan fingerprint density at radius 3 is 2.32 bits per heavy atom. The lowest BCUT2D eigenvalue weighted by atomic mass is 10.1. The Morgan fingerprint density at radius 1 is 0.974 bits per heavy atom. The van der Waals surface area contributed by atoms with Crippen molar-refractivity contribution in [3.63, 3.8) is 0 Å². The van der Waals surface area contributed by atoms with Crippen LogP contribution in [0.5, 0.6) is 5.75 Å². The molecule has 38 heavy (non-hydrogen) atoms. The number of imide groups is 2. The third-order valence-corrected chi connectivity index (χ3v) is 5.92. The number of urea groups is 1. The first-order chi connectivity index (χ1) is 18.2. The summed E-state index contributed by atoms with van der Waals surface area (Å²) < 4.78 is 11.0. The summed E-state index contributed by atoms with van der Waals surface area (Å²) in [6.07, 6.45) is 1.34. The van der Waals surface area contributed by atoms with E-state index in [4.69, 9.17) is 21.1 Å². The van der Waals surface area contributed by atoms with Gasteiger partial charge in [0.15, 0.2) is 0 Å². The predicted octanol–water partition coefficient (Wildman–Crippen LogP) is 5.38. The van der Waals surface area contributed by atoms with Crippen molar-refractivity contribution in [1.82, 2.24) is 5.32 Å². The van der Waals surface area contributed by atoms with Crippen LogP contribution in [0, 0.1) is 13.8 Å². The molecule has 9 heteroatoms. The van der Waals surface area contributed by atoms with E-state index in [9.17, 15) is 19.2 Å². The zero-order valence-electron chi connectivity index (χ0n) is 21.0. The lowest BCUT2D eigenvalue weighted by Gasteiger charge is -2.26. The topological polar surface area (TPSA) is 102 Å². The van der Waals surface area contributed by atoms with Gasteiger partial charge in [-0.05, 0) is 74.9 Å². The number of esters is 1. The first-order valence-corrected chi connectivity index (χ1v) is 12.2. The molecule has 0 atom stereocenters. The summed E-state index contributed by atoms with van der Waals surface area (Å²) in [4.78, 5) is 51.4. The Bertz CT molecular complexity index is 1440. The number of hydrogen-bond acceptors (Lipinski definition) is 6. The molecular formula is C29H25ClN2O6. The summed E-state index contributed by atoms with van der Waals surface area (Å²) in [7, 11) is 0. The molecule has 194 valence electrons. The van der Waals surface area contributed by atoms with Crippen molar-refractivity contribution in [2.45, 2.75) is 27.4 Å². The van der Waals surface area contributed by atoms with Gasteiger partial charge in [0.2, 0.25) is 0 Å². The molecule has 1 aliphatic rings. The minimum atomic E-state index is -0.904. The second-order valence-electron chi connectivity index (χ2n) is 8.69. The van der Waals surface area contributed by atoms with Crippen molar-refractivity contribution in [3.8, 4) is 5.75 Å². The van der Waals surface area contributed by atoms with Crippen LogP contribution in [0.25, 0.3) is 6.08 Å². The van der Waals surface area contributed by atoms with Crippen LogP contribution in [-0.2, 0) is 20.9 Å². The fourth-order valence-corrected chi connectivity index (χ4v) is 4.27. The monoisotopic (exact) mass is 532 g/mol. The van der Waals surface area contributed by atoms with Gasteiger partial charge < -0.3 is 9.47 Å². The molecule has 4 rings (SSSR count). The highest BCUT2D eigenvalue weighted by Gasteiger charge is 2.37. The molecule has 0 radical (unpaired) electrons. The summed E-state index contributed by atoms with van der Waals surface area (Å²) >= 11 is 6.20. The van der Waals surface area contributed by atoms with E-state index in [1.54, 1.807) is 25.1 Å². The minimum Gasteiger partial charge on any atom is -0.488 e. The van der Waals surface area contributed by atoms with Gasteiger partial charge in [-0.2, -0.15) is 0 Å². The fourth-order valence-electron chi connectivity index (χ4n) is 4.09. The van der Waals surface area contributed by atoms with Crippen LogP contribution in [0.3, 0.4) is 0 Å². The predicted molar refractivity (Wildman–Crippen MR) is 143 cm³/mol. The zero-order chi connectivity index (χ0) is 27.4. The number of barbiturate groups is 1. The molecule has 1 N–H and O–H groups in total. The molecule has 0 saturated carbocycles. The number of aryl methyl sites for hydroxylation is 2. The van der Waals surface area contributed by atoms with Gasteiger partial charge in [0.1, 0.15) is 17.9 Å². The molecule has 1 fully saturated rings. The van der Waals surface area contributed by atoms with Crippen LogP contribution in [0.15, 0.2) is 66.2 Å². The summed E-state index contributed by atoms with van der Waals surface area (Å²) in [5.41, 5.74) is 3.72. The van der Waals surface area contributed by atoms with Crippen LogP contribution in [0.1, 0.15) is 39.5 Å². The number of anilines is 1. The average molecular weight is 533 g/mol. The van der Waals surface area contributed by atoms with Crippen molar-refractivity contribution >= 4 is 47.2 Å². The average Bonchev–Trinajstić information content (AvgIpc) is 2.86. The van der Waals surface area contributed by atoms with Crippen molar-refractivity contribution in [2.75, 3.05) is 11.5 Å². The lowest BCUT2D eigenvalue weighted by Crippen LogP contribution is -2.54. The van der Waals surface area contributed by atoms with E-state index in [-0.39, 0.29) is 30.0 Å². The molecule has 0 bridgehead atoms. The second kappa shape index (κ2) is 11.3. The maximum Gasteiger partial charge on any atom is 0.338 e. The number of carbonyl (C=O) groups is 4. The SMILES string of the molecule is CCOC(=O)c1ccc(N2C(=O)NC(=O)/C(=C\c3cc(Cl)ccc3OCc3cc(C)cc(C)c3)C2=O)cc1. The van der Waals surface area contributed by atoms with Gasteiger partial charge in [-0.3, -0.25) is 14.9 Å². The van der Waals surface area contributed by atoms with E-state index < -0.39 is 23.8 Å². The number of halogens is 1. The summed E-state index contributed by atoms with van der Waals surface area (Å²) in [5, 5.41) is 2.56. The number of amides is 4. The standard InChI is InChI=1S/C29H25ClN2O6/c1-4-37-28(35)20-5-8-23(9-6-20)32-27(34)24(26(33)31-29(32)36)15-21-14-22(30)7-10-25(21)38-16-19-12-17(2)11-18(3)13-19/h5-15H,4,16H2,1-3H3,(H,31,33,36)/b24-15+. The van der Waals surface area contributed by atoms with Gasteiger partial charge in [-0.15, -0.1) is 0 Å². The third-order valence-electron chi connectivity index (χ3n) is 5.69. The maximum atomic E-state index is 13.3. The summed E-state index contributed by atoms with van der Waals surface area (Å²) in [6, 6.07) is 15.8. The van der Waals surface area contributed by atoms with Gasteiger partial charge in [-0.25, -0.2) is 14.5 Å². The molecular weight excluding hydrogens is 508 g/mol. The highest BCUT2D eigenvalue weighted by molar-refractivity contribution is 6.39. The highest BCUT2D eigenvalue weighted by Crippen LogP contribution is 2.29. The van der Waals surface area contributed by atoms with Gasteiger partial charge >= 0.3 is 12.0 Å². The van der Waals surface area contributed by atoms with Crippen molar-refractivity contribution in [3.05, 3.63) is 99.1 Å². The molecule has 0 aliphatic carbocycles. The van der Waals surface area contributed by atoms with E-state index in [1.165, 1.54) is 30.3 Å². The van der Waals surface area contributed by atoms with Gasteiger partial charge in [0, 0.05) is 10.6 Å². The number of rotatable bonds is 7. The van der Waals surface area contributed by atoms with Crippen molar-refractivity contribution < 1.29 is 28.7 Å². The number of ether oxygens (including phenoxy) is 2.